The van der Waals surface area contributed by atoms with E-state index in [0.29, 0.717) is 11.4 Å². The number of nitrogens with zero attached hydrogens (tertiary/aromatic N) is 2. The first-order valence-corrected chi connectivity index (χ1v) is 11.0. The fourth-order valence-electron chi connectivity index (χ4n) is 4.41. The van der Waals surface area contributed by atoms with Gasteiger partial charge in [0, 0.05) is 35.0 Å². The highest BCUT2D eigenvalue weighted by Crippen LogP contribution is 2.28. The minimum absolute atomic E-state index is 0.0984. The van der Waals surface area contributed by atoms with Gasteiger partial charge in [0.05, 0.1) is 6.42 Å². The molecule has 0 N–H and O–H groups in total. The maximum absolute atomic E-state index is 13.4. The first-order valence-electron chi connectivity index (χ1n) is 10.6. The van der Waals surface area contributed by atoms with E-state index in [1.807, 2.05) is 59.8 Å². The number of aromatic nitrogens is 1. The normalized spacial score (nSPS) is 14.8. The second-order valence-electron chi connectivity index (χ2n) is 8.01. The summed E-state index contributed by atoms with van der Waals surface area (Å²) in [5.41, 5.74) is 1.85. The molecule has 4 rings (SSSR count). The summed E-state index contributed by atoms with van der Waals surface area (Å²) in [5.74, 6) is 0.818. The lowest BCUT2D eigenvalue weighted by atomic mass is 9.87. The zero-order valence-corrected chi connectivity index (χ0v) is 17.4. The largest absolute Gasteiger partial charge is 0.312 e. The van der Waals surface area contributed by atoms with Crippen molar-refractivity contribution in [1.29, 1.82) is 0 Å². The summed E-state index contributed by atoms with van der Waals surface area (Å²) in [6, 6.07) is 15.7. The molecular formula is C25H27ClN2O. The molecule has 0 radical (unpaired) electrons. The molecule has 3 aromatic rings. The van der Waals surface area contributed by atoms with E-state index in [2.05, 4.69) is 11.1 Å². The first kappa shape index (κ1) is 19.9. The monoisotopic (exact) mass is 406 g/mol. The molecule has 29 heavy (non-hydrogen) atoms. The lowest BCUT2D eigenvalue weighted by molar-refractivity contribution is -0.118. The Balaban J connectivity index is 1.56. The van der Waals surface area contributed by atoms with Crippen LogP contribution >= 0.6 is 11.6 Å². The first-order chi connectivity index (χ1) is 14.2. The van der Waals surface area contributed by atoms with E-state index in [4.69, 9.17) is 11.6 Å². The number of carbonyl (C=O) groups excluding carboxylic acids is 1. The van der Waals surface area contributed by atoms with Crippen molar-refractivity contribution in [2.75, 3.05) is 11.4 Å². The van der Waals surface area contributed by atoms with Crippen molar-refractivity contribution in [3.63, 3.8) is 0 Å². The van der Waals surface area contributed by atoms with Gasteiger partial charge in [-0.05, 0) is 41.5 Å². The number of pyridine rings is 1. The van der Waals surface area contributed by atoms with Crippen LogP contribution in [0.4, 0.5) is 5.69 Å². The summed E-state index contributed by atoms with van der Waals surface area (Å²) >= 11 is 6.23. The summed E-state index contributed by atoms with van der Waals surface area (Å²) in [7, 11) is 0. The second kappa shape index (κ2) is 9.41. The molecule has 1 heterocycles. The van der Waals surface area contributed by atoms with Crippen LogP contribution < -0.4 is 4.90 Å². The summed E-state index contributed by atoms with van der Waals surface area (Å²) in [6.07, 6.45) is 11.6. The van der Waals surface area contributed by atoms with Crippen molar-refractivity contribution in [3.8, 4) is 0 Å². The van der Waals surface area contributed by atoms with E-state index >= 15 is 0 Å². The van der Waals surface area contributed by atoms with E-state index in [0.717, 1.165) is 40.9 Å². The predicted octanol–water partition coefficient (Wildman–Crippen LogP) is 6.43. The molecule has 1 amide bonds. The summed E-state index contributed by atoms with van der Waals surface area (Å²) in [6.45, 7) is 0.738. The number of hydrogen-bond acceptors (Lipinski definition) is 2. The van der Waals surface area contributed by atoms with Gasteiger partial charge in [0.1, 0.15) is 0 Å². The van der Waals surface area contributed by atoms with Gasteiger partial charge in [0.15, 0.2) is 0 Å². The van der Waals surface area contributed by atoms with Crippen LogP contribution in [0.1, 0.15) is 44.1 Å². The van der Waals surface area contributed by atoms with Crippen molar-refractivity contribution in [2.45, 2.75) is 44.9 Å². The standard InChI is InChI=1S/C25H27ClN2O/c26-22-10-6-11-23(16-22)28(14-13-19-7-2-1-3-8-19)25(29)15-21-18-27-17-20-9-4-5-12-24(20)21/h4-6,9-12,16-19H,1-3,7-8,13-15H2. The summed E-state index contributed by atoms with van der Waals surface area (Å²) in [4.78, 5) is 19.7. The third kappa shape index (κ3) is 4.97. The molecule has 3 nitrogen and oxygen atoms in total. The van der Waals surface area contributed by atoms with Gasteiger partial charge < -0.3 is 4.90 Å². The predicted molar refractivity (Wildman–Crippen MR) is 120 cm³/mol. The molecule has 1 saturated carbocycles. The quantitative estimate of drug-likeness (QED) is 0.472. The number of halogens is 1. The maximum Gasteiger partial charge on any atom is 0.231 e. The molecule has 0 atom stereocenters. The van der Waals surface area contributed by atoms with E-state index in [1.165, 1.54) is 32.1 Å². The van der Waals surface area contributed by atoms with Gasteiger partial charge in [-0.25, -0.2) is 0 Å². The number of fused-ring (bicyclic) bond motifs is 1. The minimum atomic E-state index is 0.0984. The molecule has 0 saturated heterocycles. The number of amides is 1. The average molecular weight is 407 g/mol. The van der Waals surface area contributed by atoms with Crippen LogP contribution in [0.25, 0.3) is 10.8 Å². The molecule has 0 bridgehead atoms. The Labute approximate surface area is 177 Å². The Bertz CT molecular complexity index is 976. The van der Waals surface area contributed by atoms with Crippen LogP contribution in [0.2, 0.25) is 5.02 Å². The topological polar surface area (TPSA) is 33.2 Å². The van der Waals surface area contributed by atoms with E-state index in [1.54, 1.807) is 0 Å². The zero-order valence-electron chi connectivity index (χ0n) is 16.7. The lowest BCUT2D eigenvalue weighted by Crippen LogP contribution is -2.34. The van der Waals surface area contributed by atoms with Gasteiger partial charge in [0.25, 0.3) is 0 Å². The second-order valence-corrected chi connectivity index (χ2v) is 8.45. The van der Waals surface area contributed by atoms with Crippen LogP contribution in [0.5, 0.6) is 0 Å². The van der Waals surface area contributed by atoms with Gasteiger partial charge in [-0.3, -0.25) is 9.78 Å². The fraction of sp³-hybridized carbons (Fsp3) is 0.360. The summed E-state index contributed by atoms with van der Waals surface area (Å²) < 4.78 is 0. The molecule has 0 spiro atoms. The molecule has 0 aliphatic heterocycles. The van der Waals surface area contributed by atoms with Crippen LogP contribution in [0, 0.1) is 5.92 Å². The Kier molecular flexibility index (Phi) is 6.46. The third-order valence-electron chi connectivity index (χ3n) is 6.00. The van der Waals surface area contributed by atoms with Gasteiger partial charge >= 0.3 is 0 Å². The van der Waals surface area contributed by atoms with Crippen LogP contribution in [-0.2, 0) is 11.2 Å². The molecular weight excluding hydrogens is 380 g/mol. The van der Waals surface area contributed by atoms with E-state index in [9.17, 15) is 4.79 Å². The molecule has 1 aliphatic rings. The SMILES string of the molecule is O=C(Cc1cncc2ccccc12)N(CCC1CCCCC1)c1cccc(Cl)c1. The highest BCUT2D eigenvalue weighted by molar-refractivity contribution is 6.30. The van der Waals surface area contributed by atoms with E-state index < -0.39 is 0 Å². The van der Waals surface area contributed by atoms with Gasteiger partial charge in [-0.15, -0.1) is 0 Å². The molecule has 150 valence electrons. The highest BCUT2D eigenvalue weighted by Gasteiger charge is 2.21. The zero-order chi connectivity index (χ0) is 20.1. The highest BCUT2D eigenvalue weighted by atomic mass is 35.5. The number of hydrogen-bond donors (Lipinski definition) is 0. The van der Waals surface area contributed by atoms with Gasteiger partial charge in [-0.2, -0.15) is 0 Å². The van der Waals surface area contributed by atoms with Gasteiger partial charge in [0.2, 0.25) is 5.91 Å². The summed E-state index contributed by atoms with van der Waals surface area (Å²) in [5, 5.41) is 2.81. The fourth-order valence-corrected chi connectivity index (χ4v) is 4.59. The van der Waals surface area contributed by atoms with Crippen molar-refractivity contribution in [3.05, 3.63) is 71.5 Å². The average Bonchev–Trinajstić information content (AvgIpc) is 2.75. The lowest BCUT2D eigenvalue weighted by Gasteiger charge is -2.27. The van der Waals surface area contributed by atoms with Gasteiger partial charge in [-0.1, -0.05) is 74.0 Å². The van der Waals surface area contributed by atoms with E-state index in [-0.39, 0.29) is 5.91 Å². The number of anilines is 1. The molecule has 0 unspecified atom stereocenters. The van der Waals surface area contributed by atoms with Crippen molar-refractivity contribution >= 4 is 34.0 Å². The smallest absolute Gasteiger partial charge is 0.231 e. The maximum atomic E-state index is 13.4. The Morgan fingerprint density at radius 2 is 1.86 bits per heavy atom. The van der Waals surface area contributed by atoms with Crippen LogP contribution in [0.15, 0.2) is 60.9 Å². The van der Waals surface area contributed by atoms with Crippen LogP contribution in [-0.4, -0.2) is 17.4 Å². The molecule has 2 aromatic carbocycles. The third-order valence-corrected chi connectivity index (χ3v) is 6.23. The molecule has 1 aromatic heterocycles. The van der Waals surface area contributed by atoms with Crippen molar-refractivity contribution in [1.82, 2.24) is 4.98 Å². The van der Waals surface area contributed by atoms with Crippen molar-refractivity contribution < 1.29 is 4.79 Å². The van der Waals surface area contributed by atoms with Crippen molar-refractivity contribution in [2.24, 2.45) is 5.92 Å². The Morgan fingerprint density at radius 3 is 2.69 bits per heavy atom. The number of rotatable bonds is 6. The minimum Gasteiger partial charge on any atom is -0.312 e. The molecule has 1 fully saturated rings. The van der Waals surface area contributed by atoms with Crippen LogP contribution in [0.3, 0.4) is 0 Å². The Morgan fingerprint density at radius 1 is 1.03 bits per heavy atom. The molecule has 1 aliphatic carbocycles. The number of benzene rings is 2. The number of carbonyl (C=O) groups is 1. The molecule has 4 heteroatoms. The Hall–Kier alpha value is -2.39.